The van der Waals surface area contributed by atoms with E-state index in [-0.39, 0.29) is 18.4 Å². The van der Waals surface area contributed by atoms with Crippen LogP contribution in [0.15, 0.2) is 89.0 Å². The maximum Gasteiger partial charge on any atom is 0.262 e. The Kier molecular flexibility index (Phi) is 5.22. The summed E-state index contributed by atoms with van der Waals surface area (Å²) in [5.74, 6) is 0.102. The largest absolute Gasteiger partial charge is 0.324 e. The number of carbonyl (C=O) groups is 2. The molecule has 1 N–H and O–H groups in total. The Morgan fingerprint density at radius 3 is 2.55 bits per heavy atom. The molecule has 0 aliphatic carbocycles. The molecule has 33 heavy (non-hydrogen) atoms. The molecular formula is C26H23N5O2. The van der Waals surface area contributed by atoms with Crippen LogP contribution in [0.1, 0.15) is 27.0 Å². The number of nitrogens with one attached hydrogen (secondary N) is 1. The van der Waals surface area contributed by atoms with E-state index in [9.17, 15) is 9.59 Å². The first-order valence-electron chi connectivity index (χ1n) is 10.7. The quantitative estimate of drug-likeness (QED) is 0.684. The lowest BCUT2D eigenvalue weighted by molar-refractivity contribution is -0.128. The van der Waals surface area contributed by atoms with Crippen molar-refractivity contribution in [3.05, 3.63) is 101 Å². The number of likely N-dealkylation sites (N-methyl/N-ethyl adjacent to an activating group) is 1. The Bertz CT molecular complexity index is 1300. The third-order valence-corrected chi connectivity index (χ3v) is 5.73. The Labute approximate surface area is 192 Å². The summed E-state index contributed by atoms with van der Waals surface area (Å²) < 4.78 is 0. The van der Waals surface area contributed by atoms with Gasteiger partial charge in [0.25, 0.3) is 11.8 Å². The number of hydrogen-bond donors (Lipinski definition) is 1. The molecule has 7 nitrogen and oxygen atoms in total. The molecule has 3 aromatic rings. The van der Waals surface area contributed by atoms with Crippen LogP contribution in [-0.4, -0.2) is 48.1 Å². The molecule has 2 amide bonds. The number of aliphatic imine (C=N–C) groups is 1. The molecule has 1 atom stereocenters. The van der Waals surface area contributed by atoms with Crippen LogP contribution >= 0.6 is 0 Å². The van der Waals surface area contributed by atoms with Gasteiger partial charge in [-0.05, 0) is 25.1 Å². The zero-order chi connectivity index (χ0) is 22.9. The summed E-state index contributed by atoms with van der Waals surface area (Å²) in [7, 11) is 1.62. The number of amidine groups is 1. The summed E-state index contributed by atoms with van der Waals surface area (Å²) in [6, 6.07) is 25.0. The predicted molar refractivity (Wildman–Crippen MR) is 129 cm³/mol. The van der Waals surface area contributed by atoms with Crippen molar-refractivity contribution in [3.63, 3.8) is 0 Å². The highest BCUT2D eigenvalue weighted by Gasteiger charge is 2.36. The maximum absolute atomic E-state index is 13.2. The van der Waals surface area contributed by atoms with Crippen molar-refractivity contribution in [2.45, 2.75) is 13.1 Å². The second-order valence-electron chi connectivity index (χ2n) is 8.07. The standard InChI is InChI=1S/C26H23N5O2/c1-17-9-8-12-19(15-17)26(33)28-24-25-29-30(2)22(32)16-31(25)21-14-7-6-13-20(21)23(27-24)18-10-4-3-5-11-18/h3-15,24H,16H2,1-2H3,(H,28,33). The number of hydrazone groups is 1. The molecule has 0 radical (unpaired) electrons. The van der Waals surface area contributed by atoms with E-state index in [2.05, 4.69) is 10.4 Å². The SMILES string of the molecule is Cc1cccc(C(=O)NC2N=C(c3ccccc3)c3ccccc3N3CC(=O)N(C)N=C23)c1. The number of anilines is 1. The van der Waals surface area contributed by atoms with Crippen LogP contribution in [0.4, 0.5) is 5.69 Å². The first-order valence-corrected chi connectivity index (χ1v) is 10.7. The number of aryl methyl sites for hydroxylation is 1. The summed E-state index contributed by atoms with van der Waals surface area (Å²) in [6.07, 6.45) is -0.781. The van der Waals surface area contributed by atoms with Crippen molar-refractivity contribution in [2.24, 2.45) is 10.1 Å². The molecule has 1 unspecified atom stereocenters. The van der Waals surface area contributed by atoms with E-state index in [1.165, 1.54) is 5.01 Å². The van der Waals surface area contributed by atoms with Gasteiger partial charge in [-0.3, -0.25) is 14.6 Å². The molecular weight excluding hydrogens is 414 g/mol. The van der Waals surface area contributed by atoms with Crippen LogP contribution in [0.2, 0.25) is 0 Å². The predicted octanol–water partition coefficient (Wildman–Crippen LogP) is 3.19. The number of nitrogens with zero attached hydrogens (tertiary/aromatic N) is 4. The molecule has 0 bridgehead atoms. The summed E-state index contributed by atoms with van der Waals surface area (Å²) in [6.45, 7) is 2.05. The molecule has 0 spiro atoms. The van der Waals surface area contributed by atoms with Crippen LogP contribution in [0, 0.1) is 6.92 Å². The van der Waals surface area contributed by atoms with E-state index >= 15 is 0 Å². The van der Waals surface area contributed by atoms with E-state index in [1.54, 1.807) is 13.1 Å². The summed E-state index contributed by atoms with van der Waals surface area (Å²) in [4.78, 5) is 32.6. The van der Waals surface area contributed by atoms with Crippen molar-refractivity contribution >= 4 is 29.0 Å². The molecule has 0 saturated heterocycles. The van der Waals surface area contributed by atoms with Crippen molar-refractivity contribution in [1.82, 2.24) is 10.3 Å². The Hall–Kier alpha value is -4.26. The van der Waals surface area contributed by atoms with Gasteiger partial charge in [-0.1, -0.05) is 66.2 Å². The molecule has 2 aliphatic rings. The van der Waals surface area contributed by atoms with Crippen molar-refractivity contribution in [3.8, 4) is 0 Å². The highest BCUT2D eigenvalue weighted by molar-refractivity contribution is 6.22. The molecule has 2 aliphatic heterocycles. The summed E-state index contributed by atoms with van der Waals surface area (Å²) >= 11 is 0. The Morgan fingerprint density at radius 2 is 1.76 bits per heavy atom. The van der Waals surface area contributed by atoms with Gasteiger partial charge in [-0.25, -0.2) is 5.01 Å². The van der Waals surface area contributed by atoms with Crippen LogP contribution in [0.25, 0.3) is 0 Å². The highest BCUT2D eigenvalue weighted by atomic mass is 16.2. The van der Waals surface area contributed by atoms with E-state index in [4.69, 9.17) is 4.99 Å². The zero-order valence-corrected chi connectivity index (χ0v) is 18.4. The monoisotopic (exact) mass is 437 g/mol. The number of hydrogen-bond acceptors (Lipinski definition) is 5. The number of para-hydroxylation sites is 1. The number of carbonyl (C=O) groups excluding carboxylic acids is 2. The lowest BCUT2D eigenvalue weighted by atomic mass is 10.0. The van der Waals surface area contributed by atoms with Crippen LogP contribution < -0.4 is 10.2 Å². The second-order valence-corrected chi connectivity index (χ2v) is 8.07. The molecule has 0 aromatic heterocycles. The molecule has 164 valence electrons. The summed E-state index contributed by atoms with van der Waals surface area (Å²) in [5.41, 5.74) is 4.88. The fraction of sp³-hybridized carbons (Fsp3) is 0.154. The third kappa shape index (κ3) is 3.89. The van der Waals surface area contributed by atoms with Crippen LogP contribution in [0.3, 0.4) is 0 Å². The van der Waals surface area contributed by atoms with Gasteiger partial charge in [0.15, 0.2) is 12.0 Å². The van der Waals surface area contributed by atoms with Gasteiger partial charge in [0.05, 0.1) is 11.4 Å². The number of rotatable bonds is 3. The van der Waals surface area contributed by atoms with Gasteiger partial charge < -0.3 is 10.2 Å². The highest BCUT2D eigenvalue weighted by Crippen LogP contribution is 2.30. The molecule has 5 rings (SSSR count). The number of fused-ring (bicyclic) bond motifs is 3. The van der Waals surface area contributed by atoms with E-state index in [0.29, 0.717) is 11.4 Å². The van der Waals surface area contributed by atoms with E-state index < -0.39 is 6.17 Å². The number of benzene rings is 3. The van der Waals surface area contributed by atoms with Crippen molar-refractivity contribution in [1.29, 1.82) is 0 Å². The molecule has 2 heterocycles. The normalized spacial score (nSPS) is 17.4. The van der Waals surface area contributed by atoms with Crippen molar-refractivity contribution in [2.75, 3.05) is 18.5 Å². The van der Waals surface area contributed by atoms with Gasteiger partial charge >= 0.3 is 0 Å². The minimum atomic E-state index is -0.781. The van der Waals surface area contributed by atoms with Gasteiger partial charge in [-0.15, -0.1) is 0 Å². The molecule has 0 saturated carbocycles. The first-order chi connectivity index (χ1) is 16.0. The van der Waals surface area contributed by atoms with E-state index in [0.717, 1.165) is 28.1 Å². The fourth-order valence-electron chi connectivity index (χ4n) is 4.08. The van der Waals surface area contributed by atoms with Gasteiger partial charge in [0, 0.05) is 23.7 Å². The minimum absolute atomic E-state index is 0.112. The van der Waals surface area contributed by atoms with E-state index in [1.807, 2.05) is 84.6 Å². The second kappa shape index (κ2) is 8.35. The molecule has 0 fully saturated rings. The lowest BCUT2D eigenvalue weighted by Crippen LogP contribution is -2.54. The fourth-order valence-corrected chi connectivity index (χ4v) is 4.08. The van der Waals surface area contributed by atoms with Crippen LogP contribution in [0.5, 0.6) is 0 Å². The topological polar surface area (TPSA) is 77.4 Å². The summed E-state index contributed by atoms with van der Waals surface area (Å²) in [5, 5.41) is 8.87. The molecule has 7 heteroatoms. The molecule has 3 aromatic carbocycles. The third-order valence-electron chi connectivity index (χ3n) is 5.73. The smallest absolute Gasteiger partial charge is 0.262 e. The maximum atomic E-state index is 13.2. The average Bonchev–Trinajstić information content (AvgIpc) is 2.95. The van der Waals surface area contributed by atoms with Gasteiger partial charge in [0.2, 0.25) is 0 Å². The van der Waals surface area contributed by atoms with Crippen molar-refractivity contribution < 1.29 is 9.59 Å². The van der Waals surface area contributed by atoms with Gasteiger partial charge in [-0.2, -0.15) is 5.10 Å². The minimum Gasteiger partial charge on any atom is -0.324 e. The zero-order valence-electron chi connectivity index (χ0n) is 18.4. The lowest BCUT2D eigenvalue weighted by Gasteiger charge is -2.33. The Morgan fingerprint density at radius 1 is 1.00 bits per heavy atom. The first kappa shape index (κ1) is 20.6. The van der Waals surface area contributed by atoms with Crippen LogP contribution in [-0.2, 0) is 4.79 Å². The average molecular weight is 438 g/mol. The Balaban J connectivity index is 1.66. The number of amides is 2. The van der Waals surface area contributed by atoms with Gasteiger partial charge in [0.1, 0.15) is 6.54 Å².